The van der Waals surface area contributed by atoms with Crippen LogP contribution in [0.1, 0.15) is 239 Å². The highest BCUT2D eigenvalue weighted by Gasteiger charge is 2.27. The Labute approximate surface area is 413 Å². The van der Waals surface area contributed by atoms with Crippen molar-refractivity contribution in [3.05, 3.63) is 60.8 Å². The molecule has 0 aliphatic heterocycles. The lowest BCUT2D eigenvalue weighted by Crippen LogP contribution is -2.47. The molecule has 0 heterocycles. The molecule has 0 aliphatic rings. The molecule has 0 aliphatic carbocycles. The Bertz CT molecular complexity index is 1340. The molecule has 10 heteroatoms. The maximum absolute atomic E-state index is 13.4. The summed E-state index contributed by atoms with van der Waals surface area (Å²) in [6.45, 7) is 6.69. The zero-order chi connectivity index (χ0) is 49.4. The first-order valence-electron chi connectivity index (χ1n) is 27.6. The van der Waals surface area contributed by atoms with Crippen molar-refractivity contribution in [2.24, 2.45) is 0 Å². The van der Waals surface area contributed by atoms with Crippen LogP contribution in [0.15, 0.2) is 60.8 Å². The van der Waals surface area contributed by atoms with Gasteiger partial charge in [-0.3, -0.25) is 14.2 Å². The minimum atomic E-state index is -4.70. The van der Waals surface area contributed by atoms with Crippen LogP contribution in [0.2, 0.25) is 0 Å². The van der Waals surface area contributed by atoms with Crippen molar-refractivity contribution in [1.82, 2.24) is 5.32 Å². The molecule has 3 unspecified atom stereocenters. The number of likely N-dealkylation sites (N-methyl/N-ethyl adjacent to an activating group) is 1. The minimum Gasteiger partial charge on any atom is -0.756 e. The molecule has 1 amide bonds. The lowest BCUT2D eigenvalue weighted by atomic mass is 10.1. The van der Waals surface area contributed by atoms with E-state index >= 15 is 0 Å². The molecule has 0 fully saturated rings. The van der Waals surface area contributed by atoms with E-state index in [1.807, 2.05) is 33.3 Å². The molecule has 0 spiro atoms. The van der Waals surface area contributed by atoms with Crippen LogP contribution < -0.4 is 10.2 Å². The summed E-state index contributed by atoms with van der Waals surface area (Å²) in [5, 5.41) is 3.00. The molecule has 0 saturated carbocycles. The number of carbonyl (C=O) groups is 2. The third kappa shape index (κ3) is 48.5. The molecular weight excluding hydrogens is 856 g/mol. The fourth-order valence-corrected chi connectivity index (χ4v) is 8.37. The first kappa shape index (κ1) is 64.7. The van der Waals surface area contributed by atoms with E-state index < -0.39 is 26.6 Å². The highest BCUT2D eigenvalue weighted by molar-refractivity contribution is 7.45. The van der Waals surface area contributed by atoms with Crippen molar-refractivity contribution in [2.45, 2.75) is 251 Å². The van der Waals surface area contributed by atoms with Crippen LogP contribution in [0.5, 0.6) is 0 Å². The molecule has 0 saturated heterocycles. The zero-order valence-electron chi connectivity index (χ0n) is 44.3. The van der Waals surface area contributed by atoms with Gasteiger partial charge in [-0.25, -0.2) is 0 Å². The Morgan fingerprint density at radius 1 is 0.537 bits per heavy atom. The summed E-state index contributed by atoms with van der Waals surface area (Å²) in [5.74, 6) is -0.576. The van der Waals surface area contributed by atoms with E-state index in [0.717, 1.165) is 109 Å². The summed E-state index contributed by atoms with van der Waals surface area (Å²) < 4.78 is 30.1. The Hall–Kier alpha value is -2.29. The summed E-state index contributed by atoms with van der Waals surface area (Å²) in [6.07, 6.45) is 57.5. The van der Waals surface area contributed by atoms with Crippen LogP contribution in [-0.4, -0.2) is 69.4 Å². The number of carbonyl (C=O) groups excluding carboxylic acids is 2. The second-order valence-corrected chi connectivity index (χ2v) is 21.1. The highest BCUT2D eigenvalue weighted by atomic mass is 31.2. The highest BCUT2D eigenvalue weighted by Crippen LogP contribution is 2.38. The first-order valence-corrected chi connectivity index (χ1v) is 29.1. The van der Waals surface area contributed by atoms with Gasteiger partial charge in [-0.1, -0.05) is 197 Å². The SMILES string of the molecule is CC/C=C/C/C=C/C/C=C/CCCCCCCCC(=O)NC(COP(=O)([O-])OCC[N+](C)(C)C)C(/C=C/CCCCCCCCCCC)OC(=O)CCCCC/C=C\CCCCCCCCC. The fourth-order valence-electron chi connectivity index (χ4n) is 7.65. The molecular formula is C57H105N2O7P. The van der Waals surface area contributed by atoms with Crippen molar-refractivity contribution in [3.63, 3.8) is 0 Å². The standard InChI is InChI=1S/C57H105N2O7P/c1-7-10-13-16-19-22-25-27-29-30-31-34-37-40-43-46-49-56(60)58-54(53-65-67(62,63)64-52-51-59(4,5)6)55(48-45-42-39-36-33-24-21-18-15-12-9-3)66-57(61)50-47-44-41-38-35-32-28-26-23-20-17-14-11-8-2/h10,13,19,22,27,29,32,35,45,48,54-55H,7-9,11-12,14-18,20-21,23-26,28,30-31,33-34,36-44,46-47,49-53H2,1-6H3,(H-,58,60,62,63)/b13-10+,22-19+,29-27+,35-32-,48-45+. The number of esters is 1. The van der Waals surface area contributed by atoms with E-state index in [2.05, 4.69) is 74.7 Å². The Kier molecular flexibility index (Phi) is 45.8. The van der Waals surface area contributed by atoms with Gasteiger partial charge >= 0.3 is 5.97 Å². The summed E-state index contributed by atoms with van der Waals surface area (Å²) >= 11 is 0. The van der Waals surface area contributed by atoms with Gasteiger partial charge in [0.25, 0.3) is 7.82 Å². The zero-order valence-corrected chi connectivity index (χ0v) is 45.2. The number of hydrogen-bond donors (Lipinski definition) is 1. The topological polar surface area (TPSA) is 114 Å². The number of hydrogen-bond acceptors (Lipinski definition) is 7. The second-order valence-electron chi connectivity index (χ2n) is 19.7. The second kappa shape index (κ2) is 47.4. The van der Waals surface area contributed by atoms with E-state index in [4.69, 9.17) is 13.8 Å². The molecule has 67 heavy (non-hydrogen) atoms. The number of allylic oxidation sites excluding steroid dienone is 9. The fraction of sp³-hybridized carbons (Fsp3) is 0.789. The van der Waals surface area contributed by atoms with Gasteiger partial charge in [0, 0.05) is 12.8 Å². The number of nitrogens with one attached hydrogen (secondary N) is 1. The Balaban J connectivity index is 5.40. The largest absolute Gasteiger partial charge is 0.756 e. The van der Waals surface area contributed by atoms with Crippen LogP contribution in [-0.2, 0) is 27.9 Å². The predicted molar refractivity (Wildman–Crippen MR) is 284 cm³/mol. The number of quaternary nitrogens is 1. The summed E-state index contributed by atoms with van der Waals surface area (Å²) in [5.41, 5.74) is 0. The summed E-state index contributed by atoms with van der Waals surface area (Å²) in [6, 6.07) is -0.900. The molecule has 0 bridgehead atoms. The van der Waals surface area contributed by atoms with Gasteiger partial charge in [0.2, 0.25) is 5.91 Å². The Morgan fingerprint density at radius 2 is 0.955 bits per heavy atom. The molecule has 0 aromatic rings. The van der Waals surface area contributed by atoms with Crippen molar-refractivity contribution in [2.75, 3.05) is 40.9 Å². The van der Waals surface area contributed by atoms with Crippen molar-refractivity contribution in [1.29, 1.82) is 0 Å². The molecule has 390 valence electrons. The van der Waals surface area contributed by atoms with E-state index in [-0.39, 0.29) is 24.9 Å². The van der Waals surface area contributed by atoms with Gasteiger partial charge in [0.1, 0.15) is 19.3 Å². The van der Waals surface area contributed by atoms with Crippen LogP contribution in [0, 0.1) is 0 Å². The van der Waals surface area contributed by atoms with Crippen LogP contribution in [0.4, 0.5) is 0 Å². The number of rotatable bonds is 49. The molecule has 0 aromatic heterocycles. The van der Waals surface area contributed by atoms with Crippen molar-refractivity contribution in [3.8, 4) is 0 Å². The van der Waals surface area contributed by atoms with E-state index in [1.54, 1.807) is 0 Å². The lowest BCUT2D eigenvalue weighted by Gasteiger charge is -2.30. The van der Waals surface area contributed by atoms with E-state index in [1.165, 1.54) is 89.9 Å². The molecule has 0 aromatic carbocycles. The number of phosphoric ester groups is 1. The number of ether oxygens (including phenoxy) is 1. The van der Waals surface area contributed by atoms with Gasteiger partial charge in [-0.05, 0) is 89.5 Å². The molecule has 0 rings (SSSR count). The van der Waals surface area contributed by atoms with Crippen molar-refractivity contribution >= 4 is 19.7 Å². The average molecular weight is 961 g/mol. The van der Waals surface area contributed by atoms with Crippen LogP contribution in [0.25, 0.3) is 0 Å². The number of phosphoric acid groups is 1. The van der Waals surface area contributed by atoms with Crippen molar-refractivity contribution < 1.29 is 37.3 Å². The van der Waals surface area contributed by atoms with Crippen LogP contribution >= 0.6 is 7.82 Å². The van der Waals surface area contributed by atoms with Gasteiger partial charge < -0.3 is 28.5 Å². The van der Waals surface area contributed by atoms with Gasteiger partial charge in [-0.2, -0.15) is 0 Å². The smallest absolute Gasteiger partial charge is 0.306 e. The Morgan fingerprint density at radius 3 is 1.46 bits per heavy atom. The predicted octanol–water partition coefficient (Wildman–Crippen LogP) is 15.7. The molecule has 3 atom stereocenters. The van der Waals surface area contributed by atoms with E-state index in [9.17, 15) is 19.0 Å². The normalized spacial score (nSPS) is 14.3. The number of amides is 1. The average Bonchev–Trinajstić information content (AvgIpc) is 3.28. The lowest BCUT2D eigenvalue weighted by molar-refractivity contribution is -0.870. The summed E-state index contributed by atoms with van der Waals surface area (Å²) in [4.78, 5) is 39.7. The number of unbranched alkanes of at least 4 members (excludes halogenated alkanes) is 25. The third-order valence-electron chi connectivity index (χ3n) is 11.9. The third-order valence-corrected chi connectivity index (χ3v) is 12.9. The quantitative estimate of drug-likeness (QED) is 0.0212. The van der Waals surface area contributed by atoms with Gasteiger partial charge in [0.15, 0.2) is 0 Å². The summed E-state index contributed by atoms with van der Waals surface area (Å²) in [7, 11) is 1.16. The van der Waals surface area contributed by atoms with Gasteiger partial charge in [0.05, 0.1) is 33.8 Å². The maximum Gasteiger partial charge on any atom is 0.306 e. The monoisotopic (exact) mass is 961 g/mol. The first-order chi connectivity index (χ1) is 32.4. The molecule has 9 nitrogen and oxygen atoms in total. The van der Waals surface area contributed by atoms with Crippen LogP contribution in [0.3, 0.4) is 0 Å². The maximum atomic E-state index is 13.4. The number of nitrogens with zero attached hydrogens (tertiary/aromatic N) is 1. The molecule has 0 radical (unpaired) electrons. The van der Waals surface area contributed by atoms with Gasteiger partial charge in [-0.15, -0.1) is 0 Å². The van der Waals surface area contributed by atoms with E-state index in [0.29, 0.717) is 23.9 Å². The molecule has 1 N–H and O–H groups in total. The minimum absolute atomic E-state index is 0.0287.